The summed E-state index contributed by atoms with van der Waals surface area (Å²) in [5.74, 6) is 0.683. The third-order valence-electron chi connectivity index (χ3n) is 10.1. The summed E-state index contributed by atoms with van der Waals surface area (Å²) < 4.78 is 58.0. The lowest BCUT2D eigenvalue weighted by Gasteiger charge is -2.39. The summed E-state index contributed by atoms with van der Waals surface area (Å²) in [5.41, 5.74) is 1.37. The van der Waals surface area contributed by atoms with Crippen LogP contribution in [0.15, 0.2) is 24.3 Å². The van der Waals surface area contributed by atoms with Crippen molar-refractivity contribution in [2.75, 3.05) is 54.9 Å². The molecule has 0 amide bonds. The molecule has 290 valence electrons. The van der Waals surface area contributed by atoms with Crippen molar-refractivity contribution in [3.05, 3.63) is 35.4 Å². The minimum Gasteiger partial charge on any atom is -0.493 e. The van der Waals surface area contributed by atoms with Crippen LogP contribution in [-0.4, -0.2) is 157 Å². The molecule has 2 aromatic rings. The van der Waals surface area contributed by atoms with Gasteiger partial charge in [0.25, 0.3) is 0 Å². The lowest BCUT2D eigenvalue weighted by atomic mass is 9.84. The molecule has 52 heavy (non-hydrogen) atoms. The Labute approximate surface area is 298 Å². The van der Waals surface area contributed by atoms with Crippen LogP contribution in [0.4, 0.5) is 0 Å². The maximum Gasteiger partial charge on any atom is 0.229 e. The van der Waals surface area contributed by atoms with Crippen LogP contribution in [-0.2, 0) is 18.9 Å². The van der Waals surface area contributed by atoms with Crippen LogP contribution in [0, 0.1) is 11.8 Å². The fourth-order valence-electron chi connectivity index (χ4n) is 7.16. The van der Waals surface area contributed by atoms with Crippen LogP contribution < -0.4 is 28.4 Å². The Kier molecular flexibility index (Phi) is 11.8. The van der Waals surface area contributed by atoms with E-state index >= 15 is 0 Å². The number of fused-ring (bicyclic) bond motifs is 1. The van der Waals surface area contributed by atoms with E-state index in [1.54, 1.807) is 24.3 Å². The Hall–Kier alpha value is -3.24. The zero-order valence-corrected chi connectivity index (χ0v) is 28.9. The quantitative estimate of drug-likeness (QED) is 0.119. The molecule has 0 aromatic heterocycles. The summed E-state index contributed by atoms with van der Waals surface area (Å²) in [6, 6.07) is 6.78. The van der Waals surface area contributed by atoms with E-state index in [1.807, 2.05) is 0 Å². The highest BCUT2D eigenvalue weighted by Crippen LogP contribution is 2.54. The van der Waals surface area contributed by atoms with Crippen molar-refractivity contribution >= 4 is 0 Å². The number of methoxy groups -OCH3 is 4. The molecule has 4 aliphatic rings. The van der Waals surface area contributed by atoms with Crippen molar-refractivity contribution in [1.82, 2.24) is 0 Å². The van der Waals surface area contributed by atoms with Crippen LogP contribution in [0.3, 0.4) is 0 Å². The van der Waals surface area contributed by atoms with Crippen molar-refractivity contribution in [2.24, 2.45) is 11.8 Å². The fourth-order valence-corrected chi connectivity index (χ4v) is 7.16. The van der Waals surface area contributed by atoms with Crippen LogP contribution >= 0.6 is 0 Å². The summed E-state index contributed by atoms with van der Waals surface area (Å²) in [6.45, 7) is -0.604. The van der Waals surface area contributed by atoms with Crippen LogP contribution in [0.1, 0.15) is 23.3 Å². The molecule has 4 heterocycles. The van der Waals surface area contributed by atoms with Crippen molar-refractivity contribution in [1.29, 1.82) is 0 Å². The van der Waals surface area contributed by atoms with Gasteiger partial charge in [-0.1, -0.05) is 0 Å². The minimum absolute atomic E-state index is 0.0541. The predicted octanol–water partition coefficient (Wildman–Crippen LogP) is -1.85. The molecular weight excluding hydrogens is 696 g/mol. The monoisotopic (exact) mass is 742 g/mol. The molecule has 4 saturated heterocycles. The van der Waals surface area contributed by atoms with E-state index in [1.165, 1.54) is 28.4 Å². The third-order valence-corrected chi connectivity index (χ3v) is 10.1. The van der Waals surface area contributed by atoms with E-state index in [9.17, 15) is 40.9 Å². The summed E-state index contributed by atoms with van der Waals surface area (Å²) >= 11 is 0. The highest BCUT2D eigenvalue weighted by atomic mass is 16.7. The van der Waals surface area contributed by atoms with Gasteiger partial charge in [0.2, 0.25) is 24.1 Å². The van der Waals surface area contributed by atoms with Gasteiger partial charge >= 0.3 is 0 Å². The van der Waals surface area contributed by atoms with Crippen molar-refractivity contribution in [2.45, 2.75) is 73.6 Å². The van der Waals surface area contributed by atoms with Crippen molar-refractivity contribution in [3.8, 4) is 34.5 Å². The Morgan fingerprint density at radius 3 is 1.13 bits per heavy atom. The second-order valence-electron chi connectivity index (χ2n) is 13.0. The van der Waals surface area contributed by atoms with Gasteiger partial charge in [0.1, 0.15) is 48.8 Å². The first-order valence-electron chi connectivity index (χ1n) is 16.7. The molecule has 18 heteroatoms. The van der Waals surface area contributed by atoms with Crippen LogP contribution in [0.5, 0.6) is 34.5 Å². The SMILES string of the molecule is COc1cc([C@@H]2OC[C@@H]3[C@@H]2CO[C@@H]3c2cc(OC)c(O[C@@H]3O[C@H](CO)[C@@H](O)[C@H](O)[C@H]3O)c(OC)c2)cc(OC)c1O[C@H]1O[C@@H](CO)[C@H](O)[C@@H](O)[C@@H]1O. The number of rotatable bonds is 12. The van der Waals surface area contributed by atoms with Gasteiger partial charge in [-0.05, 0) is 35.4 Å². The molecule has 0 radical (unpaired) electrons. The Morgan fingerprint density at radius 1 is 0.519 bits per heavy atom. The fraction of sp³-hybridized carbons (Fsp3) is 0.647. The Bertz CT molecular complexity index is 1360. The van der Waals surface area contributed by atoms with E-state index in [0.717, 1.165) is 0 Å². The zero-order valence-electron chi connectivity index (χ0n) is 28.9. The lowest BCUT2D eigenvalue weighted by Crippen LogP contribution is -2.60. The van der Waals surface area contributed by atoms with E-state index in [0.29, 0.717) is 24.3 Å². The second-order valence-corrected chi connectivity index (χ2v) is 13.0. The highest BCUT2D eigenvalue weighted by Gasteiger charge is 2.50. The average molecular weight is 743 g/mol. The normalized spacial score (nSPS) is 37.3. The third kappa shape index (κ3) is 6.94. The molecule has 0 spiro atoms. The molecule has 4 fully saturated rings. The molecule has 0 aliphatic carbocycles. The zero-order chi connectivity index (χ0) is 37.4. The van der Waals surface area contributed by atoms with E-state index in [4.69, 9.17) is 47.4 Å². The molecular formula is C34H46O18. The van der Waals surface area contributed by atoms with Gasteiger partial charge in [-0.25, -0.2) is 0 Å². The number of hydrogen-bond donors (Lipinski definition) is 8. The van der Waals surface area contributed by atoms with E-state index in [2.05, 4.69) is 0 Å². The van der Waals surface area contributed by atoms with Gasteiger partial charge in [-0.15, -0.1) is 0 Å². The number of ether oxygens (including phenoxy) is 10. The second kappa shape index (κ2) is 16.0. The number of aliphatic hydroxyl groups is 8. The minimum atomic E-state index is -1.65. The summed E-state index contributed by atoms with van der Waals surface area (Å²) in [6.07, 6.45) is -15.9. The summed E-state index contributed by atoms with van der Waals surface area (Å²) in [4.78, 5) is 0. The van der Waals surface area contributed by atoms with Gasteiger partial charge in [0.05, 0.1) is 67.1 Å². The van der Waals surface area contributed by atoms with Crippen LogP contribution in [0.2, 0.25) is 0 Å². The Balaban J connectivity index is 1.22. The summed E-state index contributed by atoms with van der Waals surface area (Å²) in [5, 5.41) is 81.0. The number of benzene rings is 2. The molecule has 0 unspecified atom stereocenters. The van der Waals surface area contributed by atoms with Gasteiger partial charge in [0, 0.05) is 11.8 Å². The lowest BCUT2D eigenvalue weighted by molar-refractivity contribution is -0.277. The molecule has 8 N–H and O–H groups in total. The Morgan fingerprint density at radius 2 is 0.846 bits per heavy atom. The predicted molar refractivity (Wildman–Crippen MR) is 172 cm³/mol. The highest BCUT2D eigenvalue weighted by molar-refractivity contribution is 5.56. The van der Waals surface area contributed by atoms with E-state index in [-0.39, 0.29) is 46.3 Å². The molecule has 14 atom stereocenters. The molecule has 2 aromatic carbocycles. The molecule has 6 rings (SSSR count). The molecule has 4 aliphatic heterocycles. The van der Waals surface area contributed by atoms with Gasteiger partial charge in [0.15, 0.2) is 23.0 Å². The number of hydrogen-bond acceptors (Lipinski definition) is 18. The molecule has 0 bridgehead atoms. The average Bonchev–Trinajstić information content (AvgIpc) is 3.78. The maximum absolute atomic E-state index is 10.5. The first kappa shape index (κ1) is 38.5. The van der Waals surface area contributed by atoms with E-state index < -0.39 is 86.8 Å². The number of aliphatic hydroxyl groups excluding tert-OH is 8. The maximum atomic E-state index is 10.5. The van der Waals surface area contributed by atoms with Gasteiger partial charge < -0.3 is 88.2 Å². The van der Waals surface area contributed by atoms with Crippen molar-refractivity contribution in [3.63, 3.8) is 0 Å². The summed E-state index contributed by atoms with van der Waals surface area (Å²) in [7, 11) is 5.66. The topological polar surface area (TPSA) is 254 Å². The first-order chi connectivity index (χ1) is 25.0. The molecule has 18 nitrogen and oxygen atoms in total. The molecule has 0 saturated carbocycles. The first-order valence-corrected chi connectivity index (χ1v) is 16.7. The standard InChI is InChI=1S/C34H46O18/c1-43-17-5-13(6-18(44-2)31(17)51-33-27(41)25(39)23(37)21(9-35)49-33)29-15-11-48-30(16(15)12-47-29)14-7-19(45-3)32(20(8-14)46-4)52-34-28(42)26(40)24(38)22(10-36)50-34/h5-8,15-16,21-30,33-42H,9-12H2,1-4H3/t15-,16+,21-,22+,23-,24+,25+,26-,27-,28+,29-,30+,33+,34-. The largest absolute Gasteiger partial charge is 0.493 e. The van der Waals surface area contributed by atoms with Gasteiger partial charge in [-0.3, -0.25) is 0 Å². The smallest absolute Gasteiger partial charge is 0.229 e. The van der Waals surface area contributed by atoms with Gasteiger partial charge in [-0.2, -0.15) is 0 Å². The van der Waals surface area contributed by atoms with Crippen LogP contribution in [0.25, 0.3) is 0 Å². The van der Waals surface area contributed by atoms with Crippen molar-refractivity contribution < 1.29 is 88.2 Å².